The number of hydrogen-bond donors (Lipinski definition) is 0. The zero-order valence-electron chi connectivity index (χ0n) is 13.7. The number of hydrogen-bond acceptors (Lipinski definition) is 5. The summed E-state index contributed by atoms with van der Waals surface area (Å²) < 4.78 is 11.5. The number of nitrogens with zero attached hydrogens (tertiary/aromatic N) is 3. The topological polar surface area (TPSA) is 58.8 Å². The average molecular weight is 315 g/mol. The van der Waals surface area contributed by atoms with Crippen LogP contribution < -0.4 is 9.64 Å². The normalized spacial score (nSPS) is 17.3. The second kappa shape index (κ2) is 6.32. The van der Waals surface area contributed by atoms with Gasteiger partial charge in [-0.15, -0.1) is 0 Å². The molecule has 2 aromatic heterocycles. The summed E-state index contributed by atoms with van der Waals surface area (Å²) in [6.07, 6.45) is 2.51. The Morgan fingerprint density at radius 3 is 2.91 bits per heavy atom. The summed E-state index contributed by atoms with van der Waals surface area (Å²) in [4.78, 5) is 20.4. The van der Waals surface area contributed by atoms with Crippen molar-refractivity contribution in [3.05, 3.63) is 42.0 Å². The largest absolute Gasteiger partial charge is 0.485 e. The van der Waals surface area contributed by atoms with Gasteiger partial charge >= 0.3 is 0 Å². The van der Waals surface area contributed by atoms with Gasteiger partial charge in [-0.3, -0.25) is 4.79 Å². The van der Waals surface area contributed by atoms with E-state index in [-0.39, 0.29) is 12.0 Å². The van der Waals surface area contributed by atoms with Gasteiger partial charge in [0.05, 0.1) is 6.54 Å². The predicted octanol–water partition coefficient (Wildman–Crippen LogP) is 2.34. The van der Waals surface area contributed by atoms with Crippen molar-refractivity contribution >= 4 is 11.7 Å². The molecule has 6 nitrogen and oxygen atoms in total. The summed E-state index contributed by atoms with van der Waals surface area (Å²) in [6.45, 7) is 3.05. The molecule has 1 fully saturated rings. The Balaban J connectivity index is 1.65. The predicted molar refractivity (Wildman–Crippen MR) is 86.9 cm³/mol. The number of likely N-dealkylation sites (tertiary alicyclic amines) is 1. The van der Waals surface area contributed by atoms with E-state index in [1.54, 1.807) is 23.2 Å². The lowest BCUT2D eigenvalue weighted by Crippen LogP contribution is -2.30. The molecule has 0 bridgehead atoms. The highest BCUT2D eigenvalue weighted by atomic mass is 16.5. The van der Waals surface area contributed by atoms with Crippen LogP contribution in [0.1, 0.15) is 22.7 Å². The third kappa shape index (κ3) is 3.31. The minimum atomic E-state index is -0.0804. The van der Waals surface area contributed by atoms with Crippen LogP contribution >= 0.6 is 0 Å². The fraction of sp³-hybridized carbons (Fsp3) is 0.412. The quantitative estimate of drug-likeness (QED) is 0.867. The van der Waals surface area contributed by atoms with E-state index in [4.69, 9.17) is 9.15 Å². The Bertz CT molecular complexity index is 696. The van der Waals surface area contributed by atoms with Crippen molar-refractivity contribution in [3.8, 4) is 5.75 Å². The molecule has 1 amide bonds. The molecule has 6 heteroatoms. The molecule has 0 unspecified atom stereocenters. The van der Waals surface area contributed by atoms with Crippen molar-refractivity contribution in [2.75, 3.05) is 32.1 Å². The number of amides is 1. The third-order valence-corrected chi connectivity index (χ3v) is 3.85. The van der Waals surface area contributed by atoms with E-state index < -0.39 is 0 Å². The molecule has 1 saturated heterocycles. The number of furan rings is 1. The maximum atomic E-state index is 12.4. The van der Waals surface area contributed by atoms with Gasteiger partial charge in [-0.05, 0) is 31.2 Å². The molecule has 0 spiro atoms. The highest BCUT2D eigenvalue weighted by Crippen LogP contribution is 2.27. The van der Waals surface area contributed by atoms with Crippen LogP contribution in [0.25, 0.3) is 0 Å². The molecule has 2 aromatic rings. The second-order valence-electron chi connectivity index (χ2n) is 5.91. The fourth-order valence-corrected chi connectivity index (χ4v) is 2.70. The van der Waals surface area contributed by atoms with Gasteiger partial charge in [-0.25, -0.2) is 4.98 Å². The lowest BCUT2D eigenvalue weighted by Gasteiger charge is -2.20. The molecule has 0 aliphatic carbocycles. The number of aryl methyl sites for hydroxylation is 1. The highest BCUT2D eigenvalue weighted by Gasteiger charge is 2.30. The zero-order valence-corrected chi connectivity index (χ0v) is 13.7. The summed E-state index contributed by atoms with van der Waals surface area (Å²) in [7, 11) is 3.86. The Kier molecular flexibility index (Phi) is 4.23. The molecule has 1 aliphatic rings. The van der Waals surface area contributed by atoms with E-state index in [0.717, 1.165) is 23.7 Å². The number of rotatable bonds is 4. The van der Waals surface area contributed by atoms with Gasteiger partial charge < -0.3 is 19.0 Å². The van der Waals surface area contributed by atoms with Gasteiger partial charge in [0.25, 0.3) is 5.91 Å². The van der Waals surface area contributed by atoms with Crippen molar-refractivity contribution in [1.29, 1.82) is 0 Å². The summed E-state index contributed by atoms with van der Waals surface area (Å²) >= 11 is 0. The zero-order chi connectivity index (χ0) is 16.4. The van der Waals surface area contributed by atoms with Crippen LogP contribution in [0.3, 0.4) is 0 Å². The molecule has 3 rings (SSSR count). The van der Waals surface area contributed by atoms with Crippen LogP contribution in [0.15, 0.2) is 34.9 Å². The van der Waals surface area contributed by atoms with E-state index in [9.17, 15) is 4.79 Å². The first-order valence-corrected chi connectivity index (χ1v) is 7.69. The molecule has 1 atom stereocenters. The first kappa shape index (κ1) is 15.4. The second-order valence-corrected chi connectivity index (χ2v) is 5.91. The number of carbonyl (C=O) groups is 1. The molecule has 3 heterocycles. The number of aromatic nitrogens is 1. The van der Waals surface area contributed by atoms with Crippen LogP contribution in [0, 0.1) is 6.92 Å². The molecule has 0 N–H and O–H groups in total. The molecule has 122 valence electrons. The molecular weight excluding hydrogens is 294 g/mol. The van der Waals surface area contributed by atoms with E-state index >= 15 is 0 Å². The first-order valence-electron chi connectivity index (χ1n) is 7.69. The van der Waals surface area contributed by atoms with Gasteiger partial charge in [0.1, 0.15) is 11.9 Å². The van der Waals surface area contributed by atoms with Crippen LogP contribution in [0.4, 0.5) is 5.82 Å². The van der Waals surface area contributed by atoms with Crippen molar-refractivity contribution in [1.82, 2.24) is 9.88 Å². The molecule has 23 heavy (non-hydrogen) atoms. The standard InChI is InChI=1S/C17H21N3O3/c1-12-6-7-15(22-12)17(21)20-10-8-13(11-20)23-14-5-4-9-18-16(14)19(2)3/h4-7,9,13H,8,10-11H2,1-3H3/t13-/m1/s1. The lowest BCUT2D eigenvalue weighted by molar-refractivity contribution is 0.0739. The average Bonchev–Trinajstić information content (AvgIpc) is 3.16. The van der Waals surface area contributed by atoms with Crippen molar-refractivity contribution in [2.45, 2.75) is 19.4 Å². The number of carbonyl (C=O) groups excluding carboxylic acids is 1. The summed E-state index contributed by atoms with van der Waals surface area (Å²) in [5.41, 5.74) is 0. The Morgan fingerprint density at radius 1 is 1.39 bits per heavy atom. The van der Waals surface area contributed by atoms with E-state index in [2.05, 4.69) is 4.98 Å². The molecule has 1 aliphatic heterocycles. The number of anilines is 1. The monoisotopic (exact) mass is 315 g/mol. The molecular formula is C17H21N3O3. The Morgan fingerprint density at radius 2 is 2.22 bits per heavy atom. The smallest absolute Gasteiger partial charge is 0.289 e. The van der Waals surface area contributed by atoms with Gasteiger partial charge in [0, 0.05) is 33.3 Å². The van der Waals surface area contributed by atoms with Crippen molar-refractivity contribution in [3.63, 3.8) is 0 Å². The highest BCUT2D eigenvalue weighted by molar-refractivity contribution is 5.91. The number of pyridine rings is 1. The fourth-order valence-electron chi connectivity index (χ4n) is 2.70. The number of ether oxygens (including phenoxy) is 1. The Hall–Kier alpha value is -2.50. The van der Waals surface area contributed by atoms with Crippen molar-refractivity contribution in [2.24, 2.45) is 0 Å². The van der Waals surface area contributed by atoms with Crippen LogP contribution in [0.5, 0.6) is 5.75 Å². The first-order chi connectivity index (χ1) is 11.0. The van der Waals surface area contributed by atoms with Crippen LogP contribution in [-0.4, -0.2) is 49.1 Å². The third-order valence-electron chi connectivity index (χ3n) is 3.85. The van der Waals surface area contributed by atoms with Crippen LogP contribution in [-0.2, 0) is 0 Å². The van der Waals surface area contributed by atoms with Gasteiger partial charge in [0.15, 0.2) is 17.3 Å². The summed E-state index contributed by atoms with van der Waals surface area (Å²) in [6, 6.07) is 7.28. The summed E-state index contributed by atoms with van der Waals surface area (Å²) in [5, 5.41) is 0. The van der Waals surface area contributed by atoms with Crippen molar-refractivity contribution < 1.29 is 13.9 Å². The minimum absolute atomic E-state index is 0.0297. The SMILES string of the molecule is Cc1ccc(C(=O)N2CC[C@@H](Oc3cccnc3N(C)C)C2)o1. The van der Waals surface area contributed by atoms with Gasteiger partial charge in [0.2, 0.25) is 0 Å². The lowest BCUT2D eigenvalue weighted by atomic mass is 10.3. The molecule has 0 aromatic carbocycles. The Labute approximate surface area is 135 Å². The molecule has 0 radical (unpaired) electrons. The van der Waals surface area contributed by atoms with Crippen LogP contribution in [0.2, 0.25) is 0 Å². The minimum Gasteiger partial charge on any atom is -0.485 e. The van der Waals surface area contributed by atoms with E-state index in [1.807, 2.05) is 38.1 Å². The maximum Gasteiger partial charge on any atom is 0.289 e. The maximum absolute atomic E-state index is 12.4. The molecule has 0 saturated carbocycles. The van der Waals surface area contributed by atoms with Gasteiger partial charge in [-0.1, -0.05) is 0 Å². The van der Waals surface area contributed by atoms with E-state index in [0.29, 0.717) is 18.8 Å². The summed E-state index contributed by atoms with van der Waals surface area (Å²) in [5.74, 6) is 2.58. The van der Waals surface area contributed by atoms with Gasteiger partial charge in [-0.2, -0.15) is 0 Å². The van der Waals surface area contributed by atoms with E-state index in [1.165, 1.54) is 0 Å².